The quantitative estimate of drug-likeness (QED) is 0.648. The minimum Gasteiger partial charge on any atom is -0.338 e. The Hall–Kier alpha value is -2.69. The molecule has 0 N–H and O–H groups in total. The van der Waals surface area contributed by atoms with Crippen LogP contribution in [-0.4, -0.2) is 38.5 Å². The van der Waals surface area contributed by atoms with Crippen LogP contribution >= 0.6 is 0 Å². The summed E-state index contributed by atoms with van der Waals surface area (Å²) in [5.41, 5.74) is 3.06. The van der Waals surface area contributed by atoms with E-state index in [-0.39, 0.29) is 11.8 Å². The number of rotatable bonds is 3. The van der Waals surface area contributed by atoms with E-state index in [4.69, 9.17) is 0 Å². The van der Waals surface area contributed by atoms with E-state index < -0.39 is 0 Å². The number of benzene rings is 1. The Morgan fingerprint density at radius 3 is 2.48 bits per heavy atom. The highest BCUT2D eigenvalue weighted by atomic mass is 16.2. The molecule has 1 atom stereocenters. The van der Waals surface area contributed by atoms with Crippen molar-refractivity contribution in [2.45, 2.75) is 56.8 Å². The molecule has 0 bridgehead atoms. The third-order valence-electron chi connectivity index (χ3n) is 6.65. The minimum atomic E-state index is 0.138. The van der Waals surface area contributed by atoms with Gasteiger partial charge in [0.25, 0.3) is 5.91 Å². The van der Waals surface area contributed by atoms with Gasteiger partial charge in [-0.25, -0.2) is 0 Å². The molecule has 5 heteroatoms. The lowest BCUT2D eigenvalue weighted by atomic mass is 9.84. The number of carbonyl (C=O) groups excluding carboxylic acids is 1. The van der Waals surface area contributed by atoms with E-state index in [0.717, 1.165) is 36.4 Å². The van der Waals surface area contributed by atoms with Crippen molar-refractivity contribution in [3.8, 4) is 0 Å². The molecule has 1 amide bonds. The van der Waals surface area contributed by atoms with E-state index in [1.54, 1.807) is 0 Å². The summed E-state index contributed by atoms with van der Waals surface area (Å²) < 4.78 is 2.05. The fraction of sp³-hybridized carbons (Fsp3) is 0.458. The number of amides is 1. The molecule has 3 aromatic rings. The van der Waals surface area contributed by atoms with Gasteiger partial charge in [0.1, 0.15) is 5.82 Å². The van der Waals surface area contributed by atoms with E-state index in [2.05, 4.69) is 26.7 Å². The van der Waals surface area contributed by atoms with Crippen molar-refractivity contribution < 1.29 is 4.79 Å². The predicted molar refractivity (Wildman–Crippen MR) is 113 cm³/mol. The van der Waals surface area contributed by atoms with Crippen molar-refractivity contribution in [2.24, 2.45) is 0 Å². The first-order valence-electron chi connectivity index (χ1n) is 11.0. The highest BCUT2D eigenvalue weighted by Crippen LogP contribution is 2.33. The molecule has 1 saturated heterocycles. The fourth-order valence-electron chi connectivity index (χ4n) is 5.03. The van der Waals surface area contributed by atoms with Crippen LogP contribution in [0.15, 0.2) is 48.7 Å². The zero-order chi connectivity index (χ0) is 19.6. The number of fused-ring (bicyclic) bond motifs is 1. The molecule has 1 aliphatic heterocycles. The van der Waals surface area contributed by atoms with Crippen LogP contribution in [0.3, 0.4) is 0 Å². The lowest BCUT2D eigenvalue weighted by molar-refractivity contribution is 0.0704. The Morgan fingerprint density at radius 2 is 1.66 bits per heavy atom. The van der Waals surface area contributed by atoms with E-state index >= 15 is 0 Å². The van der Waals surface area contributed by atoms with Crippen LogP contribution in [0.5, 0.6) is 0 Å². The molecule has 3 heterocycles. The highest BCUT2D eigenvalue weighted by Gasteiger charge is 2.28. The molecule has 2 fully saturated rings. The van der Waals surface area contributed by atoms with Gasteiger partial charge in [0.15, 0.2) is 5.65 Å². The first-order valence-corrected chi connectivity index (χ1v) is 11.0. The van der Waals surface area contributed by atoms with Crippen LogP contribution in [0.25, 0.3) is 5.65 Å². The maximum atomic E-state index is 13.1. The van der Waals surface area contributed by atoms with Crippen LogP contribution in [0, 0.1) is 0 Å². The summed E-state index contributed by atoms with van der Waals surface area (Å²) in [5, 5.41) is 8.71. The van der Waals surface area contributed by atoms with Gasteiger partial charge < -0.3 is 4.90 Å². The molecule has 29 heavy (non-hydrogen) atoms. The molecule has 1 aromatic carbocycles. The standard InChI is InChI=1S/C24H28N4O/c29-24(20-13-11-19(12-14-20)18-7-2-1-3-8-18)27-15-6-9-21(17-27)23-26-25-22-10-4-5-16-28(22)23/h4-5,10-14,16,18,21H,1-3,6-9,15,17H2. The van der Waals surface area contributed by atoms with Crippen molar-refractivity contribution in [3.63, 3.8) is 0 Å². The summed E-state index contributed by atoms with van der Waals surface area (Å²) in [6.07, 6.45) is 10.6. The van der Waals surface area contributed by atoms with Crippen molar-refractivity contribution in [3.05, 3.63) is 65.6 Å². The van der Waals surface area contributed by atoms with Crippen molar-refractivity contribution in [1.82, 2.24) is 19.5 Å². The molecule has 5 nitrogen and oxygen atoms in total. The van der Waals surface area contributed by atoms with E-state index in [0.29, 0.717) is 12.5 Å². The van der Waals surface area contributed by atoms with E-state index in [1.807, 2.05) is 41.4 Å². The van der Waals surface area contributed by atoms with Gasteiger partial charge in [-0.1, -0.05) is 37.5 Å². The second kappa shape index (κ2) is 7.97. The van der Waals surface area contributed by atoms with E-state index in [9.17, 15) is 4.79 Å². The summed E-state index contributed by atoms with van der Waals surface area (Å²) in [4.78, 5) is 15.1. The Balaban J connectivity index is 1.30. The van der Waals surface area contributed by atoms with Crippen LogP contribution < -0.4 is 0 Å². The third kappa shape index (κ3) is 3.66. The van der Waals surface area contributed by atoms with Crippen LogP contribution in [0.2, 0.25) is 0 Å². The number of hydrogen-bond donors (Lipinski definition) is 0. The number of pyridine rings is 1. The minimum absolute atomic E-state index is 0.138. The second-order valence-corrected chi connectivity index (χ2v) is 8.53. The summed E-state index contributed by atoms with van der Waals surface area (Å²) >= 11 is 0. The largest absolute Gasteiger partial charge is 0.338 e. The normalized spacial score (nSPS) is 20.8. The molecule has 150 valence electrons. The number of likely N-dealkylation sites (tertiary alicyclic amines) is 1. The van der Waals surface area contributed by atoms with Crippen LogP contribution in [0.4, 0.5) is 0 Å². The van der Waals surface area contributed by atoms with Gasteiger partial charge >= 0.3 is 0 Å². The maximum Gasteiger partial charge on any atom is 0.253 e. The Labute approximate surface area is 171 Å². The zero-order valence-corrected chi connectivity index (χ0v) is 16.8. The molecule has 0 spiro atoms. The SMILES string of the molecule is O=C(c1ccc(C2CCCCC2)cc1)N1CCCC(c2nnc3ccccn23)C1. The van der Waals surface area contributed by atoms with Gasteiger partial charge in [0, 0.05) is 30.8 Å². The first kappa shape index (κ1) is 18.3. The van der Waals surface area contributed by atoms with E-state index in [1.165, 1.54) is 37.7 Å². The van der Waals surface area contributed by atoms with Gasteiger partial charge in [0.05, 0.1) is 0 Å². The fourth-order valence-corrected chi connectivity index (χ4v) is 5.03. The smallest absolute Gasteiger partial charge is 0.253 e. The van der Waals surface area contributed by atoms with Crippen molar-refractivity contribution in [2.75, 3.05) is 13.1 Å². The number of aromatic nitrogens is 3. The molecule has 1 saturated carbocycles. The van der Waals surface area contributed by atoms with Gasteiger partial charge in [-0.15, -0.1) is 10.2 Å². The highest BCUT2D eigenvalue weighted by molar-refractivity contribution is 5.94. The van der Waals surface area contributed by atoms with Crippen molar-refractivity contribution >= 4 is 11.6 Å². The molecule has 2 aromatic heterocycles. The van der Waals surface area contributed by atoms with Crippen LogP contribution in [0.1, 0.15) is 78.5 Å². The van der Waals surface area contributed by atoms with Gasteiger partial charge in [-0.3, -0.25) is 9.20 Å². The third-order valence-corrected chi connectivity index (χ3v) is 6.65. The maximum absolute atomic E-state index is 13.1. The molecule has 0 radical (unpaired) electrons. The van der Waals surface area contributed by atoms with Gasteiger partial charge in [-0.05, 0) is 61.4 Å². The first-order chi connectivity index (χ1) is 14.3. The number of piperidine rings is 1. The molecule has 2 aliphatic rings. The van der Waals surface area contributed by atoms with Crippen molar-refractivity contribution in [1.29, 1.82) is 0 Å². The average Bonchev–Trinajstić information content (AvgIpc) is 3.24. The molecule has 1 unspecified atom stereocenters. The topological polar surface area (TPSA) is 50.5 Å². The summed E-state index contributed by atoms with van der Waals surface area (Å²) in [6.45, 7) is 1.52. The predicted octanol–water partition coefficient (Wildman–Crippen LogP) is 4.80. The lowest BCUT2D eigenvalue weighted by Crippen LogP contribution is -2.39. The molecule has 5 rings (SSSR count). The Kier molecular flexibility index (Phi) is 5.04. The Morgan fingerprint density at radius 1 is 0.862 bits per heavy atom. The monoisotopic (exact) mass is 388 g/mol. The summed E-state index contributed by atoms with van der Waals surface area (Å²) in [5.74, 6) is 2.00. The lowest BCUT2D eigenvalue weighted by Gasteiger charge is -2.32. The van der Waals surface area contributed by atoms with Gasteiger partial charge in [0.2, 0.25) is 0 Å². The molecular formula is C24H28N4O. The number of carbonyl (C=O) groups is 1. The van der Waals surface area contributed by atoms with Crippen LogP contribution in [-0.2, 0) is 0 Å². The zero-order valence-electron chi connectivity index (χ0n) is 16.8. The number of hydrogen-bond acceptors (Lipinski definition) is 3. The van der Waals surface area contributed by atoms with Gasteiger partial charge in [-0.2, -0.15) is 0 Å². The number of nitrogens with zero attached hydrogens (tertiary/aromatic N) is 4. The average molecular weight is 389 g/mol. The molecular weight excluding hydrogens is 360 g/mol. The second-order valence-electron chi connectivity index (χ2n) is 8.53. The molecule has 1 aliphatic carbocycles. The Bertz CT molecular complexity index is 988. The summed E-state index contributed by atoms with van der Waals surface area (Å²) in [6, 6.07) is 14.4. The summed E-state index contributed by atoms with van der Waals surface area (Å²) in [7, 11) is 0.